The van der Waals surface area contributed by atoms with E-state index >= 15 is 0 Å². The van der Waals surface area contributed by atoms with Crippen LogP contribution >= 0.6 is 11.6 Å². The lowest BCUT2D eigenvalue weighted by atomic mass is 9.81. The molecule has 7 heteroatoms. The molecule has 0 atom stereocenters. The number of nitrogens with zero attached hydrogens (tertiary/aromatic N) is 1. The summed E-state index contributed by atoms with van der Waals surface area (Å²) in [5.41, 5.74) is 1.71. The Bertz CT molecular complexity index is 810. The summed E-state index contributed by atoms with van der Waals surface area (Å²) >= 11 is 5.95. The van der Waals surface area contributed by atoms with E-state index in [1.165, 1.54) is 0 Å². The fraction of sp³-hybridized carbons (Fsp3) is 0.421. The summed E-state index contributed by atoms with van der Waals surface area (Å²) in [6.07, 6.45) is 2.74. The lowest BCUT2D eigenvalue weighted by molar-refractivity contribution is -0.125. The monoisotopic (exact) mass is 375 g/mol. The van der Waals surface area contributed by atoms with Crippen LogP contribution in [0.1, 0.15) is 37.0 Å². The molecule has 26 heavy (non-hydrogen) atoms. The maximum Gasteiger partial charge on any atom is 0.228 e. The topological polar surface area (TPSA) is 84.2 Å². The molecule has 2 aromatic rings. The van der Waals surface area contributed by atoms with Gasteiger partial charge < -0.3 is 15.2 Å². The van der Waals surface area contributed by atoms with Gasteiger partial charge in [0.25, 0.3) is 0 Å². The number of benzene rings is 1. The average molecular weight is 376 g/mol. The molecule has 3 rings (SSSR count). The highest BCUT2D eigenvalue weighted by molar-refractivity contribution is 6.30. The summed E-state index contributed by atoms with van der Waals surface area (Å²) in [4.78, 5) is 24.8. The van der Waals surface area contributed by atoms with Crippen LogP contribution in [0.3, 0.4) is 0 Å². The predicted octanol–water partition coefficient (Wildman–Crippen LogP) is 4.33. The molecule has 0 bridgehead atoms. The second-order valence-electron chi connectivity index (χ2n) is 6.81. The third-order valence-corrected chi connectivity index (χ3v) is 5.03. The molecule has 1 aliphatic carbocycles. The molecule has 6 nitrogen and oxygen atoms in total. The maximum atomic E-state index is 12.5. The van der Waals surface area contributed by atoms with Crippen molar-refractivity contribution in [3.05, 3.63) is 40.6 Å². The fourth-order valence-electron chi connectivity index (χ4n) is 3.27. The minimum Gasteiger partial charge on any atom is -0.360 e. The van der Waals surface area contributed by atoms with Gasteiger partial charge in [0.2, 0.25) is 11.8 Å². The van der Waals surface area contributed by atoms with Crippen LogP contribution in [0.4, 0.5) is 11.5 Å². The molecule has 2 N–H and O–H groups in total. The van der Waals surface area contributed by atoms with E-state index in [0.29, 0.717) is 42.3 Å². The quantitative estimate of drug-likeness (QED) is 0.833. The van der Waals surface area contributed by atoms with Crippen LogP contribution in [0.2, 0.25) is 5.02 Å². The standard InChI is InChI=1S/C19H22ClN3O3/c1-11-9-15(20)7-8-16(11)21-18(24)13-3-5-14(6-4-13)19(25)22-17-10-12(2)26-23-17/h7-10,13-14H,3-6H2,1-2H3,(H,21,24)(H,22,23,25). The highest BCUT2D eigenvalue weighted by Crippen LogP contribution is 2.31. The Morgan fingerprint density at radius 3 is 2.19 bits per heavy atom. The summed E-state index contributed by atoms with van der Waals surface area (Å²) in [5.74, 6) is 0.840. The number of nitrogens with one attached hydrogen (secondary N) is 2. The molecule has 0 aliphatic heterocycles. The van der Waals surface area contributed by atoms with Gasteiger partial charge in [-0.1, -0.05) is 16.8 Å². The third-order valence-electron chi connectivity index (χ3n) is 4.79. The Hall–Kier alpha value is -2.34. The van der Waals surface area contributed by atoms with Crippen LogP contribution in [0, 0.1) is 25.7 Å². The summed E-state index contributed by atoms with van der Waals surface area (Å²) in [5, 5.41) is 10.2. The first-order valence-corrected chi connectivity index (χ1v) is 9.11. The first-order valence-electron chi connectivity index (χ1n) is 8.73. The number of aryl methyl sites for hydroxylation is 2. The maximum absolute atomic E-state index is 12.5. The van der Waals surface area contributed by atoms with E-state index < -0.39 is 0 Å². The number of anilines is 2. The largest absolute Gasteiger partial charge is 0.360 e. The van der Waals surface area contributed by atoms with Gasteiger partial charge in [0.15, 0.2) is 5.82 Å². The lowest BCUT2D eigenvalue weighted by Crippen LogP contribution is -2.32. The van der Waals surface area contributed by atoms with Crippen molar-refractivity contribution in [3.8, 4) is 0 Å². The molecule has 1 fully saturated rings. The third kappa shape index (κ3) is 4.43. The van der Waals surface area contributed by atoms with Crippen LogP contribution in [-0.2, 0) is 9.59 Å². The van der Waals surface area contributed by atoms with E-state index in [4.69, 9.17) is 16.1 Å². The van der Waals surface area contributed by atoms with Crippen molar-refractivity contribution in [2.24, 2.45) is 11.8 Å². The van der Waals surface area contributed by atoms with E-state index in [-0.39, 0.29) is 23.7 Å². The van der Waals surface area contributed by atoms with E-state index in [0.717, 1.165) is 11.3 Å². The van der Waals surface area contributed by atoms with Gasteiger partial charge in [0.05, 0.1) is 0 Å². The van der Waals surface area contributed by atoms with Gasteiger partial charge in [-0.25, -0.2) is 0 Å². The van der Waals surface area contributed by atoms with Crippen molar-refractivity contribution in [2.75, 3.05) is 10.6 Å². The van der Waals surface area contributed by atoms with Crippen molar-refractivity contribution < 1.29 is 14.1 Å². The van der Waals surface area contributed by atoms with Crippen molar-refractivity contribution in [1.29, 1.82) is 0 Å². The Morgan fingerprint density at radius 2 is 1.65 bits per heavy atom. The molecule has 0 spiro atoms. The van der Waals surface area contributed by atoms with Crippen LogP contribution < -0.4 is 10.6 Å². The minimum absolute atomic E-state index is 0.00130. The molecule has 2 amide bonds. The number of hydrogen-bond acceptors (Lipinski definition) is 4. The summed E-state index contributed by atoms with van der Waals surface area (Å²) in [6, 6.07) is 7.08. The molecule has 1 heterocycles. The molecular formula is C19H22ClN3O3. The van der Waals surface area contributed by atoms with E-state index in [1.54, 1.807) is 19.1 Å². The summed E-state index contributed by atoms with van der Waals surface area (Å²) < 4.78 is 4.95. The summed E-state index contributed by atoms with van der Waals surface area (Å²) in [7, 11) is 0. The van der Waals surface area contributed by atoms with Gasteiger partial charge in [0.1, 0.15) is 5.76 Å². The SMILES string of the molecule is Cc1cc(NC(=O)C2CCC(C(=O)Nc3ccc(Cl)cc3C)CC2)no1. The van der Waals surface area contributed by atoms with Gasteiger partial charge in [-0.15, -0.1) is 0 Å². The molecule has 1 aliphatic rings. The second-order valence-corrected chi connectivity index (χ2v) is 7.25. The van der Waals surface area contributed by atoms with Crippen molar-refractivity contribution in [1.82, 2.24) is 5.16 Å². The first-order chi connectivity index (χ1) is 12.4. The molecule has 138 valence electrons. The molecule has 1 aromatic heterocycles. The van der Waals surface area contributed by atoms with Crippen LogP contribution in [-0.4, -0.2) is 17.0 Å². The molecule has 1 aromatic carbocycles. The molecule has 0 saturated heterocycles. The van der Waals surface area contributed by atoms with Crippen molar-refractivity contribution >= 4 is 34.9 Å². The van der Waals surface area contributed by atoms with Crippen molar-refractivity contribution in [3.63, 3.8) is 0 Å². The average Bonchev–Trinajstić information content (AvgIpc) is 3.02. The van der Waals surface area contributed by atoms with Crippen molar-refractivity contribution in [2.45, 2.75) is 39.5 Å². The Balaban J connectivity index is 1.51. The lowest BCUT2D eigenvalue weighted by Gasteiger charge is -2.27. The minimum atomic E-state index is -0.103. The highest BCUT2D eigenvalue weighted by Gasteiger charge is 2.30. The van der Waals surface area contributed by atoms with Gasteiger partial charge in [-0.2, -0.15) is 0 Å². The van der Waals surface area contributed by atoms with Gasteiger partial charge >= 0.3 is 0 Å². The molecule has 0 radical (unpaired) electrons. The predicted molar refractivity (Wildman–Crippen MR) is 100 cm³/mol. The zero-order valence-electron chi connectivity index (χ0n) is 14.8. The Kier molecular flexibility index (Phi) is 5.61. The van der Waals surface area contributed by atoms with Gasteiger partial charge in [0, 0.05) is 28.6 Å². The number of halogens is 1. The molecule has 1 saturated carbocycles. The Labute approximate surface area is 157 Å². The number of rotatable bonds is 4. The van der Waals surface area contributed by atoms with Gasteiger partial charge in [-0.05, 0) is 63.3 Å². The van der Waals surface area contributed by atoms with E-state index in [1.807, 2.05) is 19.1 Å². The van der Waals surface area contributed by atoms with E-state index in [2.05, 4.69) is 15.8 Å². The van der Waals surface area contributed by atoms with Gasteiger partial charge in [-0.3, -0.25) is 9.59 Å². The zero-order chi connectivity index (χ0) is 18.7. The van der Waals surface area contributed by atoms with Crippen LogP contribution in [0.25, 0.3) is 0 Å². The number of carbonyl (C=O) groups is 2. The number of amides is 2. The number of aromatic nitrogens is 1. The highest BCUT2D eigenvalue weighted by atomic mass is 35.5. The smallest absolute Gasteiger partial charge is 0.228 e. The first kappa shape index (κ1) is 18.5. The number of hydrogen-bond donors (Lipinski definition) is 2. The molecular weight excluding hydrogens is 354 g/mol. The Morgan fingerprint density at radius 1 is 1.04 bits per heavy atom. The van der Waals surface area contributed by atoms with Crippen LogP contribution in [0.15, 0.2) is 28.8 Å². The normalized spacial score (nSPS) is 19.8. The van der Waals surface area contributed by atoms with E-state index in [9.17, 15) is 9.59 Å². The second kappa shape index (κ2) is 7.91. The molecule has 0 unspecified atom stereocenters. The zero-order valence-corrected chi connectivity index (χ0v) is 15.6. The number of carbonyl (C=O) groups excluding carboxylic acids is 2. The van der Waals surface area contributed by atoms with Crippen LogP contribution in [0.5, 0.6) is 0 Å². The summed E-state index contributed by atoms with van der Waals surface area (Å²) in [6.45, 7) is 3.68. The fourth-order valence-corrected chi connectivity index (χ4v) is 3.50.